The number of carboxylic acid groups (broad SMARTS) is 1. The third-order valence-corrected chi connectivity index (χ3v) is 6.72. The van der Waals surface area contributed by atoms with Gasteiger partial charge in [-0.2, -0.15) is 0 Å². The van der Waals surface area contributed by atoms with E-state index < -0.39 is 11.5 Å². The molecule has 2 rings (SSSR count). The molecular weight excluding hydrogens is 317 g/mol. The second-order valence-corrected chi connectivity index (χ2v) is 8.44. The summed E-state index contributed by atoms with van der Waals surface area (Å²) in [4.78, 5) is 11.0. The SMILES string of the molecule is O=C(O)CNC(NC1CCCCC1)(NC1CCCCC1)[PH2]=S. The summed E-state index contributed by atoms with van der Waals surface area (Å²) in [6.07, 6.45) is 12.3. The number of nitrogens with one attached hydrogen (secondary N) is 3. The van der Waals surface area contributed by atoms with E-state index in [1.54, 1.807) is 0 Å². The molecule has 1 unspecified atom stereocenters. The van der Waals surface area contributed by atoms with Gasteiger partial charge in [-0.15, -0.1) is 0 Å². The molecule has 0 aromatic rings. The molecule has 2 fully saturated rings. The van der Waals surface area contributed by atoms with E-state index in [0.29, 0.717) is 12.1 Å². The van der Waals surface area contributed by atoms with Gasteiger partial charge in [-0.05, 0) is 33.0 Å². The molecule has 7 heteroatoms. The Morgan fingerprint density at radius 1 is 1.00 bits per heavy atom. The molecule has 0 spiro atoms. The first-order chi connectivity index (χ1) is 10.6. The second kappa shape index (κ2) is 9.33. The first kappa shape index (κ1) is 18.3. The zero-order valence-electron chi connectivity index (χ0n) is 13.3. The quantitative estimate of drug-likeness (QED) is 0.398. The van der Waals surface area contributed by atoms with Crippen LogP contribution in [0.5, 0.6) is 0 Å². The Labute approximate surface area is 139 Å². The van der Waals surface area contributed by atoms with Crippen molar-refractivity contribution >= 4 is 25.1 Å². The van der Waals surface area contributed by atoms with Crippen molar-refractivity contribution in [1.29, 1.82) is 0 Å². The highest BCUT2D eigenvalue weighted by Crippen LogP contribution is 2.26. The molecule has 2 aliphatic rings. The van der Waals surface area contributed by atoms with Gasteiger partial charge in [0.2, 0.25) is 0 Å². The Morgan fingerprint density at radius 2 is 1.45 bits per heavy atom. The summed E-state index contributed by atoms with van der Waals surface area (Å²) in [5, 5.41) is 19.6. The molecular formula is C15H30N3O2PS. The van der Waals surface area contributed by atoms with Crippen molar-refractivity contribution in [2.75, 3.05) is 6.54 Å². The van der Waals surface area contributed by atoms with Crippen LogP contribution in [0, 0.1) is 0 Å². The minimum absolute atomic E-state index is 0.0525. The molecule has 0 saturated heterocycles. The molecule has 2 saturated carbocycles. The van der Waals surface area contributed by atoms with Crippen LogP contribution in [0.15, 0.2) is 0 Å². The van der Waals surface area contributed by atoms with Gasteiger partial charge in [0.25, 0.3) is 0 Å². The third-order valence-electron chi connectivity index (χ3n) is 4.77. The maximum atomic E-state index is 11.0. The Bertz CT molecular complexity index is 352. The molecule has 0 radical (unpaired) electrons. The first-order valence-corrected chi connectivity index (χ1v) is 11.1. The van der Waals surface area contributed by atoms with Crippen LogP contribution in [0.2, 0.25) is 0 Å². The van der Waals surface area contributed by atoms with Crippen LogP contribution in [-0.2, 0) is 16.6 Å². The molecule has 4 N–H and O–H groups in total. The van der Waals surface area contributed by atoms with E-state index in [4.69, 9.17) is 16.9 Å². The van der Waals surface area contributed by atoms with E-state index in [9.17, 15) is 4.79 Å². The van der Waals surface area contributed by atoms with Crippen molar-refractivity contribution in [3.05, 3.63) is 0 Å². The fourth-order valence-electron chi connectivity index (χ4n) is 3.61. The van der Waals surface area contributed by atoms with Crippen LogP contribution < -0.4 is 16.0 Å². The van der Waals surface area contributed by atoms with Crippen LogP contribution >= 0.6 is 7.36 Å². The largest absolute Gasteiger partial charge is 0.480 e. The summed E-state index contributed by atoms with van der Waals surface area (Å²) in [6.45, 7) is -0.0525. The average Bonchev–Trinajstić information content (AvgIpc) is 2.54. The predicted molar refractivity (Wildman–Crippen MR) is 95.5 cm³/mol. The zero-order chi connectivity index (χ0) is 15.8. The van der Waals surface area contributed by atoms with E-state index in [1.165, 1.54) is 38.5 Å². The molecule has 0 aromatic carbocycles. The molecule has 0 aromatic heterocycles. The van der Waals surface area contributed by atoms with Crippen LogP contribution in [-0.4, -0.2) is 35.2 Å². The Morgan fingerprint density at radius 3 is 1.82 bits per heavy atom. The lowest BCUT2D eigenvalue weighted by molar-refractivity contribution is -0.136. The van der Waals surface area contributed by atoms with Crippen LogP contribution in [0.3, 0.4) is 0 Å². The van der Waals surface area contributed by atoms with Crippen molar-refractivity contribution < 1.29 is 9.90 Å². The number of carbonyl (C=O) groups is 1. The van der Waals surface area contributed by atoms with Crippen molar-refractivity contribution in [3.8, 4) is 0 Å². The number of hydrogen-bond donors (Lipinski definition) is 4. The summed E-state index contributed by atoms with van der Waals surface area (Å²) in [6, 6.07) is 0.892. The molecule has 0 amide bonds. The molecule has 2 aliphatic carbocycles. The van der Waals surface area contributed by atoms with E-state index in [1.807, 2.05) is 0 Å². The molecule has 128 valence electrons. The van der Waals surface area contributed by atoms with Crippen molar-refractivity contribution in [2.45, 2.75) is 81.8 Å². The highest BCUT2D eigenvalue weighted by atomic mass is 32.4. The van der Waals surface area contributed by atoms with Crippen LogP contribution in [0.25, 0.3) is 0 Å². The van der Waals surface area contributed by atoms with Crippen molar-refractivity contribution in [3.63, 3.8) is 0 Å². The van der Waals surface area contributed by atoms with Gasteiger partial charge in [-0.25, -0.2) is 0 Å². The summed E-state index contributed by atoms with van der Waals surface area (Å²) in [5.41, 5.74) is -0.544. The van der Waals surface area contributed by atoms with Gasteiger partial charge in [-0.3, -0.25) is 20.7 Å². The number of carboxylic acids is 1. The Hall–Kier alpha value is -0.000000000000000139. The summed E-state index contributed by atoms with van der Waals surface area (Å²) in [5.74, 6) is -0.830. The minimum Gasteiger partial charge on any atom is -0.480 e. The monoisotopic (exact) mass is 347 g/mol. The highest BCUT2D eigenvalue weighted by Gasteiger charge is 2.33. The van der Waals surface area contributed by atoms with Crippen molar-refractivity contribution in [1.82, 2.24) is 16.0 Å². The van der Waals surface area contributed by atoms with Gasteiger partial charge in [0.05, 0.1) is 6.54 Å². The van der Waals surface area contributed by atoms with Gasteiger partial charge in [0.1, 0.15) is 5.53 Å². The van der Waals surface area contributed by atoms with E-state index >= 15 is 0 Å². The molecule has 0 aliphatic heterocycles. The average molecular weight is 347 g/mol. The maximum Gasteiger partial charge on any atom is 0.317 e. The minimum atomic E-state index is -0.830. The predicted octanol–water partition coefficient (Wildman–Crippen LogP) is 1.99. The summed E-state index contributed by atoms with van der Waals surface area (Å²) in [7, 11) is -0.386. The topological polar surface area (TPSA) is 73.4 Å². The molecule has 5 nitrogen and oxygen atoms in total. The number of hydrogen-bond acceptors (Lipinski definition) is 5. The standard InChI is InChI=1S/C15H30N3O2PS/c19-14(20)11-16-15(21-22,17-12-7-3-1-4-8-12)18-13-9-5-2-6-10-13/h12-13,16-18H,1-11,21H2,(H,19,20). The summed E-state index contributed by atoms with van der Waals surface area (Å²) < 4.78 is 0. The molecule has 0 heterocycles. The first-order valence-electron chi connectivity index (χ1n) is 8.62. The summed E-state index contributed by atoms with van der Waals surface area (Å²) >= 11 is 5.48. The van der Waals surface area contributed by atoms with Crippen LogP contribution in [0.1, 0.15) is 64.2 Å². The van der Waals surface area contributed by atoms with Gasteiger partial charge < -0.3 is 5.11 Å². The smallest absolute Gasteiger partial charge is 0.317 e. The fraction of sp³-hybridized carbons (Fsp3) is 0.933. The number of aliphatic carboxylic acids is 1. The second-order valence-electron chi connectivity index (χ2n) is 6.63. The molecule has 22 heavy (non-hydrogen) atoms. The Kier molecular flexibility index (Phi) is 7.78. The lowest BCUT2D eigenvalue weighted by atomic mass is 9.94. The molecule has 0 bridgehead atoms. The van der Waals surface area contributed by atoms with Gasteiger partial charge >= 0.3 is 5.97 Å². The fourth-order valence-corrected chi connectivity index (χ4v) is 5.06. The Balaban J connectivity index is 2.01. The zero-order valence-corrected chi connectivity index (χ0v) is 15.2. The number of rotatable bonds is 8. The van der Waals surface area contributed by atoms with E-state index in [0.717, 1.165) is 25.7 Å². The highest BCUT2D eigenvalue weighted by molar-refractivity contribution is 7.97. The van der Waals surface area contributed by atoms with E-state index in [2.05, 4.69) is 16.0 Å². The third kappa shape index (κ3) is 5.89. The van der Waals surface area contributed by atoms with Gasteiger partial charge in [-0.1, -0.05) is 50.3 Å². The molecule has 1 atom stereocenters. The van der Waals surface area contributed by atoms with Crippen LogP contribution in [0.4, 0.5) is 0 Å². The normalized spacial score (nSPS) is 22.4. The van der Waals surface area contributed by atoms with E-state index in [-0.39, 0.29) is 13.9 Å². The van der Waals surface area contributed by atoms with Crippen molar-refractivity contribution in [2.24, 2.45) is 0 Å². The van der Waals surface area contributed by atoms with Gasteiger partial charge in [0.15, 0.2) is 0 Å². The van der Waals surface area contributed by atoms with Gasteiger partial charge in [0, 0.05) is 12.1 Å². The maximum absolute atomic E-state index is 11.0. The lowest BCUT2D eigenvalue weighted by Gasteiger charge is -2.41. The lowest BCUT2D eigenvalue weighted by Crippen LogP contribution is -2.68.